The fraction of sp³-hybridized carbons (Fsp3) is 0.238. The van der Waals surface area contributed by atoms with Crippen LogP contribution in [0.25, 0.3) is 0 Å². The second kappa shape index (κ2) is 7.98. The molecule has 1 aromatic carbocycles. The number of ether oxygens (including phenoxy) is 1. The molecule has 0 bridgehead atoms. The van der Waals surface area contributed by atoms with Gasteiger partial charge in [-0.05, 0) is 43.2 Å². The second-order valence-corrected chi connectivity index (χ2v) is 7.36. The highest BCUT2D eigenvalue weighted by atomic mass is 19.4. The Labute approximate surface area is 180 Å². The maximum absolute atomic E-state index is 13.3. The number of alkyl halides is 3. The summed E-state index contributed by atoms with van der Waals surface area (Å²) in [4.78, 5) is 29.8. The van der Waals surface area contributed by atoms with E-state index in [-0.39, 0.29) is 40.3 Å². The molecule has 3 heterocycles. The topological polar surface area (TPSA) is 112 Å². The average molecular weight is 445 g/mol. The van der Waals surface area contributed by atoms with Crippen molar-refractivity contribution < 1.29 is 27.5 Å². The molecule has 166 valence electrons. The third kappa shape index (κ3) is 4.13. The van der Waals surface area contributed by atoms with Crippen LogP contribution in [0.3, 0.4) is 0 Å². The molecule has 2 aromatic heterocycles. The van der Waals surface area contributed by atoms with Gasteiger partial charge in [-0.25, -0.2) is 4.98 Å². The smallest absolute Gasteiger partial charge is 0.406 e. The van der Waals surface area contributed by atoms with E-state index in [1.54, 1.807) is 6.07 Å². The van der Waals surface area contributed by atoms with Gasteiger partial charge < -0.3 is 15.8 Å². The highest BCUT2D eigenvalue weighted by molar-refractivity contribution is 6.12. The van der Waals surface area contributed by atoms with Gasteiger partial charge in [0.2, 0.25) is 0 Å². The second-order valence-electron chi connectivity index (χ2n) is 7.36. The van der Waals surface area contributed by atoms with Gasteiger partial charge >= 0.3 is 6.36 Å². The average Bonchev–Trinajstić information content (AvgIpc) is 3.15. The van der Waals surface area contributed by atoms with Crippen LogP contribution in [0.15, 0.2) is 48.8 Å². The SMILES string of the molecule is C[C@H]1CC(c2ccc(OC(F)(F)F)cc2)C(=O)c2c(NC(=O)c3cccnc3N)cnn21. The van der Waals surface area contributed by atoms with Crippen LogP contribution in [0.2, 0.25) is 0 Å². The first kappa shape index (κ1) is 21.3. The Balaban J connectivity index is 1.60. The van der Waals surface area contributed by atoms with E-state index < -0.39 is 18.2 Å². The fourth-order valence-electron chi connectivity index (χ4n) is 3.73. The molecule has 3 aromatic rings. The Bertz CT molecular complexity index is 1170. The number of aromatic nitrogens is 3. The lowest BCUT2D eigenvalue weighted by atomic mass is 9.84. The van der Waals surface area contributed by atoms with Gasteiger partial charge in [0.15, 0.2) is 5.78 Å². The molecule has 1 aliphatic rings. The third-order valence-electron chi connectivity index (χ3n) is 5.19. The monoisotopic (exact) mass is 445 g/mol. The van der Waals surface area contributed by atoms with E-state index >= 15 is 0 Å². The summed E-state index contributed by atoms with van der Waals surface area (Å²) in [5.41, 5.74) is 6.87. The molecule has 2 atom stereocenters. The number of hydrogen-bond acceptors (Lipinski definition) is 6. The number of pyridine rings is 1. The lowest BCUT2D eigenvalue weighted by Crippen LogP contribution is -2.29. The zero-order chi connectivity index (χ0) is 23.0. The molecular formula is C21H18F3N5O3. The quantitative estimate of drug-likeness (QED) is 0.629. The molecule has 0 saturated carbocycles. The standard InChI is InChI=1S/C21H18F3N5O3/c1-11-9-15(12-4-6-13(7-5-12)32-21(22,23)24)18(30)17-16(10-27-29(11)17)28-20(31)14-3-2-8-26-19(14)25/h2-8,10-11,15H,9H2,1H3,(H2,25,26)(H,28,31)/t11-,15?/m0/s1. The van der Waals surface area contributed by atoms with Gasteiger partial charge in [0.05, 0.1) is 29.4 Å². The zero-order valence-electron chi connectivity index (χ0n) is 16.8. The Morgan fingerprint density at radius 3 is 2.62 bits per heavy atom. The first-order valence-electron chi connectivity index (χ1n) is 9.63. The predicted octanol–water partition coefficient (Wildman–Crippen LogP) is 3.94. The van der Waals surface area contributed by atoms with Crippen molar-refractivity contribution in [3.05, 3.63) is 65.6 Å². The predicted molar refractivity (Wildman–Crippen MR) is 108 cm³/mol. The number of ketones is 1. The highest BCUT2D eigenvalue weighted by Gasteiger charge is 2.36. The molecule has 1 aliphatic heterocycles. The summed E-state index contributed by atoms with van der Waals surface area (Å²) in [7, 11) is 0. The summed E-state index contributed by atoms with van der Waals surface area (Å²) in [6.45, 7) is 1.86. The van der Waals surface area contributed by atoms with Crippen LogP contribution < -0.4 is 15.8 Å². The maximum Gasteiger partial charge on any atom is 0.573 e. The molecule has 1 amide bonds. The molecule has 0 fully saturated rings. The van der Waals surface area contributed by atoms with Crippen LogP contribution in [0.5, 0.6) is 5.75 Å². The number of fused-ring (bicyclic) bond motifs is 1. The minimum atomic E-state index is -4.80. The van der Waals surface area contributed by atoms with Crippen molar-refractivity contribution >= 4 is 23.2 Å². The third-order valence-corrected chi connectivity index (χ3v) is 5.19. The van der Waals surface area contributed by atoms with E-state index in [1.807, 2.05) is 6.92 Å². The van der Waals surface area contributed by atoms with Crippen LogP contribution in [0.4, 0.5) is 24.7 Å². The number of benzene rings is 1. The van der Waals surface area contributed by atoms with Crippen molar-refractivity contribution in [1.82, 2.24) is 14.8 Å². The summed E-state index contributed by atoms with van der Waals surface area (Å²) in [6, 6.07) is 8.07. The summed E-state index contributed by atoms with van der Waals surface area (Å²) >= 11 is 0. The number of nitrogens with zero attached hydrogens (tertiary/aromatic N) is 3. The van der Waals surface area contributed by atoms with Gasteiger partial charge in [-0.15, -0.1) is 13.2 Å². The number of carbonyl (C=O) groups is 2. The Morgan fingerprint density at radius 2 is 1.97 bits per heavy atom. The van der Waals surface area contributed by atoms with Crippen molar-refractivity contribution in [1.29, 1.82) is 0 Å². The van der Waals surface area contributed by atoms with E-state index in [2.05, 4.69) is 20.1 Å². The van der Waals surface area contributed by atoms with E-state index in [1.165, 1.54) is 47.4 Å². The van der Waals surface area contributed by atoms with E-state index in [0.717, 1.165) is 0 Å². The molecule has 0 radical (unpaired) electrons. The van der Waals surface area contributed by atoms with Crippen molar-refractivity contribution in [2.75, 3.05) is 11.1 Å². The van der Waals surface area contributed by atoms with E-state index in [0.29, 0.717) is 12.0 Å². The molecule has 1 unspecified atom stereocenters. The van der Waals surface area contributed by atoms with Crippen LogP contribution in [-0.4, -0.2) is 32.8 Å². The van der Waals surface area contributed by atoms with Gasteiger partial charge in [0.1, 0.15) is 17.3 Å². The van der Waals surface area contributed by atoms with E-state index in [9.17, 15) is 22.8 Å². The Hall–Kier alpha value is -3.89. The number of carbonyl (C=O) groups excluding carboxylic acids is 2. The van der Waals surface area contributed by atoms with Crippen LogP contribution >= 0.6 is 0 Å². The van der Waals surface area contributed by atoms with Gasteiger partial charge in [-0.2, -0.15) is 5.10 Å². The van der Waals surface area contributed by atoms with E-state index in [4.69, 9.17) is 5.73 Å². The number of nitrogens with one attached hydrogen (secondary N) is 1. The first-order valence-corrected chi connectivity index (χ1v) is 9.63. The fourth-order valence-corrected chi connectivity index (χ4v) is 3.73. The zero-order valence-corrected chi connectivity index (χ0v) is 16.8. The number of halogens is 3. The number of amides is 1. The minimum absolute atomic E-state index is 0.0461. The molecule has 11 heteroatoms. The molecule has 0 spiro atoms. The minimum Gasteiger partial charge on any atom is -0.406 e. The maximum atomic E-state index is 13.3. The summed E-state index contributed by atoms with van der Waals surface area (Å²) in [6.07, 6.45) is -1.56. The van der Waals surface area contributed by atoms with Gasteiger partial charge in [-0.3, -0.25) is 14.3 Å². The lowest BCUT2D eigenvalue weighted by molar-refractivity contribution is -0.274. The van der Waals surface area contributed by atoms with Gasteiger partial charge in [-0.1, -0.05) is 12.1 Å². The highest BCUT2D eigenvalue weighted by Crippen LogP contribution is 2.38. The molecule has 4 rings (SSSR count). The molecular weight excluding hydrogens is 427 g/mol. The number of nitrogen functional groups attached to an aromatic ring is 1. The Morgan fingerprint density at radius 1 is 1.25 bits per heavy atom. The number of nitrogens with two attached hydrogens (primary N) is 1. The van der Waals surface area contributed by atoms with Crippen LogP contribution in [0.1, 0.15) is 51.7 Å². The van der Waals surface area contributed by atoms with Gasteiger partial charge in [0.25, 0.3) is 5.91 Å². The first-order chi connectivity index (χ1) is 15.1. The number of rotatable bonds is 4. The number of anilines is 2. The van der Waals surface area contributed by atoms with Gasteiger partial charge in [0, 0.05) is 6.20 Å². The Kier molecular flexibility index (Phi) is 5.33. The number of Topliss-reactive ketones (excluding diaryl/α,β-unsaturated/α-hetero) is 1. The summed E-state index contributed by atoms with van der Waals surface area (Å²) in [5.74, 6) is -1.79. The lowest BCUT2D eigenvalue weighted by Gasteiger charge is -2.28. The van der Waals surface area contributed by atoms with Crippen LogP contribution in [-0.2, 0) is 0 Å². The normalized spacial score (nSPS) is 18.2. The molecule has 3 N–H and O–H groups in total. The molecule has 0 saturated heterocycles. The summed E-state index contributed by atoms with van der Waals surface area (Å²) in [5, 5.41) is 6.89. The van der Waals surface area contributed by atoms with Crippen LogP contribution in [0, 0.1) is 0 Å². The molecule has 32 heavy (non-hydrogen) atoms. The van der Waals surface area contributed by atoms with Crippen molar-refractivity contribution in [3.63, 3.8) is 0 Å². The van der Waals surface area contributed by atoms with Crippen molar-refractivity contribution in [2.24, 2.45) is 0 Å². The molecule has 0 aliphatic carbocycles. The number of hydrogen-bond donors (Lipinski definition) is 2. The van der Waals surface area contributed by atoms with Crippen molar-refractivity contribution in [2.45, 2.75) is 31.7 Å². The van der Waals surface area contributed by atoms with Crippen molar-refractivity contribution in [3.8, 4) is 5.75 Å². The summed E-state index contributed by atoms with van der Waals surface area (Å²) < 4.78 is 42.6. The largest absolute Gasteiger partial charge is 0.573 e. The molecule has 8 nitrogen and oxygen atoms in total.